The lowest BCUT2D eigenvalue weighted by atomic mass is 10.2. The van der Waals surface area contributed by atoms with Crippen LogP contribution in [-0.2, 0) is 11.3 Å². The van der Waals surface area contributed by atoms with Crippen molar-refractivity contribution in [2.24, 2.45) is 0 Å². The van der Waals surface area contributed by atoms with Gasteiger partial charge in [-0.15, -0.1) is 0 Å². The average molecular weight is 226 g/mol. The van der Waals surface area contributed by atoms with Crippen molar-refractivity contribution in [3.63, 3.8) is 0 Å². The molecule has 0 bridgehead atoms. The molecule has 1 aromatic rings. The van der Waals surface area contributed by atoms with Gasteiger partial charge in [-0.05, 0) is 19.1 Å². The summed E-state index contributed by atoms with van der Waals surface area (Å²) in [6.07, 6.45) is 0. The second-order valence-corrected chi connectivity index (χ2v) is 3.63. The zero-order chi connectivity index (χ0) is 12.0. The number of hydrogen-bond acceptors (Lipinski definition) is 5. The van der Waals surface area contributed by atoms with Crippen molar-refractivity contribution in [2.75, 3.05) is 20.3 Å². The molecule has 0 saturated carbocycles. The van der Waals surface area contributed by atoms with Crippen LogP contribution in [0.15, 0.2) is 12.1 Å². The van der Waals surface area contributed by atoms with Gasteiger partial charge in [-0.3, -0.25) is 4.98 Å². The van der Waals surface area contributed by atoms with E-state index in [9.17, 15) is 5.11 Å². The van der Waals surface area contributed by atoms with Gasteiger partial charge >= 0.3 is 0 Å². The molecule has 0 saturated heterocycles. The lowest BCUT2D eigenvalue weighted by Gasteiger charge is -2.15. The van der Waals surface area contributed by atoms with Gasteiger partial charge in [0.05, 0.1) is 24.9 Å². The van der Waals surface area contributed by atoms with Gasteiger partial charge in [0, 0.05) is 19.3 Å². The Bertz CT molecular complexity index is 331. The van der Waals surface area contributed by atoms with E-state index in [1.165, 1.54) is 0 Å². The maximum Gasteiger partial charge on any atom is 0.138 e. The lowest BCUT2D eigenvalue weighted by Crippen LogP contribution is -2.36. The Balaban J connectivity index is 2.55. The summed E-state index contributed by atoms with van der Waals surface area (Å²) in [5.41, 5.74) is 1.43. The third kappa shape index (κ3) is 3.77. The van der Waals surface area contributed by atoms with E-state index in [4.69, 9.17) is 9.84 Å². The number of nitrogens with one attached hydrogen (secondary N) is 1. The number of aliphatic hydroxyl groups excluding tert-OH is 1. The molecule has 0 fully saturated rings. The predicted octanol–water partition coefficient (Wildman–Crippen LogP) is 0.193. The Morgan fingerprint density at radius 1 is 1.50 bits per heavy atom. The quantitative estimate of drug-likeness (QED) is 0.646. The Kier molecular flexibility index (Phi) is 5.18. The fourth-order valence-corrected chi connectivity index (χ4v) is 1.35. The number of ether oxygens (including phenoxy) is 1. The molecule has 5 heteroatoms. The van der Waals surface area contributed by atoms with Gasteiger partial charge < -0.3 is 20.3 Å². The zero-order valence-electron chi connectivity index (χ0n) is 9.60. The summed E-state index contributed by atoms with van der Waals surface area (Å²) < 4.78 is 4.93. The number of aryl methyl sites for hydroxylation is 1. The van der Waals surface area contributed by atoms with Crippen LogP contribution in [0.5, 0.6) is 5.75 Å². The molecule has 0 radical (unpaired) electrons. The molecule has 1 heterocycles. The Hall–Kier alpha value is -1.17. The van der Waals surface area contributed by atoms with E-state index in [-0.39, 0.29) is 18.4 Å². The number of rotatable bonds is 6. The molecule has 1 atom stereocenters. The van der Waals surface area contributed by atoms with Crippen molar-refractivity contribution >= 4 is 0 Å². The third-order valence-corrected chi connectivity index (χ3v) is 2.24. The molecule has 0 amide bonds. The summed E-state index contributed by atoms with van der Waals surface area (Å²) in [5, 5.41) is 21.6. The molecule has 1 rings (SSSR count). The summed E-state index contributed by atoms with van der Waals surface area (Å²) in [4.78, 5) is 4.20. The van der Waals surface area contributed by atoms with Gasteiger partial charge in [-0.25, -0.2) is 0 Å². The first kappa shape index (κ1) is 12.9. The van der Waals surface area contributed by atoms with E-state index in [2.05, 4.69) is 10.3 Å². The number of nitrogens with zero attached hydrogens (tertiary/aromatic N) is 1. The Labute approximate surface area is 95.1 Å². The maximum atomic E-state index is 9.55. The van der Waals surface area contributed by atoms with E-state index in [1.54, 1.807) is 19.2 Å². The first-order valence-electron chi connectivity index (χ1n) is 5.16. The van der Waals surface area contributed by atoms with E-state index in [0.717, 1.165) is 5.69 Å². The summed E-state index contributed by atoms with van der Waals surface area (Å²) in [6, 6.07) is 3.22. The molecule has 16 heavy (non-hydrogen) atoms. The molecule has 3 N–H and O–H groups in total. The second kappa shape index (κ2) is 6.42. The predicted molar refractivity (Wildman–Crippen MR) is 60.2 cm³/mol. The van der Waals surface area contributed by atoms with Crippen molar-refractivity contribution in [3.05, 3.63) is 23.5 Å². The van der Waals surface area contributed by atoms with E-state index < -0.39 is 0 Å². The molecular formula is C11H18N2O3. The highest BCUT2D eigenvalue weighted by Gasteiger charge is 2.08. The van der Waals surface area contributed by atoms with Crippen LogP contribution in [-0.4, -0.2) is 41.6 Å². The number of pyridine rings is 1. The lowest BCUT2D eigenvalue weighted by molar-refractivity contribution is 0.127. The monoisotopic (exact) mass is 226 g/mol. The van der Waals surface area contributed by atoms with Gasteiger partial charge in [-0.2, -0.15) is 0 Å². The van der Waals surface area contributed by atoms with Crippen LogP contribution in [0.2, 0.25) is 0 Å². The molecular weight excluding hydrogens is 208 g/mol. The number of aliphatic hydroxyl groups is 1. The molecule has 5 nitrogen and oxygen atoms in total. The van der Waals surface area contributed by atoms with Gasteiger partial charge in [0.15, 0.2) is 0 Å². The van der Waals surface area contributed by atoms with Gasteiger partial charge in [0.25, 0.3) is 0 Å². The second-order valence-electron chi connectivity index (χ2n) is 3.63. The van der Waals surface area contributed by atoms with Crippen molar-refractivity contribution in [2.45, 2.75) is 19.5 Å². The highest BCUT2D eigenvalue weighted by Crippen LogP contribution is 2.14. The van der Waals surface area contributed by atoms with Crippen molar-refractivity contribution in [1.82, 2.24) is 10.3 Å². The molecule has 0 spiro atoms. The van der Waals surface area contributed by atoms with Crippen molar-refractivity contribution in [3.8, 4) is 5.75 Å². The van der Waals surface area contributed by atoms with E-state index in [1.807, 2.05) is 6.92 Å². The normalized spacial score (nSPS) is 12.7. The first-order valence-corrected chi connectivity index (χ1v) is 5.16. The van der Waals surface area contributed by atoms with Crippen LogP contribution in [0.4, 0.5) is 0 Å². The van der Waals surface area contributed by atoms with Gasteiger partial charge in [0.2, 0.25) is 0 Å². The SMILES string of the molecule is COCC(CO)NCc1nc(C)ccc1O. The van der Waals surface area contributed by atoms with Gasteiger partial charge in [-0.1, -0.05) is 0 Å². The third-order valence-electron chi connectivity index (χ3n) is 2.24. The number of hydrogen-bond donors (Lipinski definition) is 3. The van der Waals surface area contributed by atoms with E-state index >= 15 is 0 Å². The topological polar surface area (TPSA) is 74.6 Å². The molecule has 90 valence electrons. The minimum atomic E-state index is -0.147. The summed E-state index contributed by atoms with van der Waals surface area (Å²) >= 11 is 0. The fourth-order valence-electron chi connectivity index (χ4n) is 1.35. The van der Waals surface area contributed by atoms with Crippen LogP contribution in [0, 0.1) is 6.92 Å². The smallest absolute Gasteiger partial charge is 0.138 e. The minimum absolute atomic E-state index is 0.0135. The number of aromatic hydroxyl groups is 1. The maximum absolute atomic E-state index is 9.55. The van der Waals surface area contributed by atoms with Crippen LogP contribution in [0.3, 0.4) is 0 Å². The van der Waals surface area contributed by atoms with Crippen molar-refractivity contribution < 1.29 is 14.9 Å². The molecule has 1 aromatic heterocycles. The molecule has 0 aromatic carbocycles. The summed E-state index contributed by atoms with van der Waals surface area (Å²) in [5.74, 6) is 0.159. The average Bonchev–Trinajstić information content (AvgIpc) is 2.28. The molecule has 0 aliphatic carbocycles. The molecule has 1 unspecified atom stereocenters. The van der Waals surface area contributed by atoms with E-state index in [0.29, 0.717) is 18.8 Å². The van der Waals surface area contributed by atoms with Crippen LogP contribution >= 0.6 is 0 Å². The zero-order valence-corrected chi connectivity index (χ0v) is 9.60. The number of aromatic nitrogens is 1. The van der Waals surface area contributed by atoms with Crippen molar-refractivity contribution in [1.29, 1.82) is 0 Å². The first-order chi connectivity index (χ1) is 7.67. The van der Waals surface area contributed by atoms with Crippen LogP contribution in [0.1, 0.15) is 11.4 Å². The van der Waals surface area contributed by atoms with Crippen LogP contribution in [0.25, 0.3) is 0 Å². The highest BCUT2D eigenvalue weighted by atomic mass is 16.5. The van der Waals surface area contributed by atoms with Crippen LogP contribution < -0.4 is 5.32 Å². The summed E-state index contributed by atoms with van der Waals surface area (Å²) in [6.45, 7) is 2.67. The fraction of sp³-hybridized carbons (Fsp3) is 0.545. The largest absolute Gasteiger partial charge is 0.506 e. The highest BCUT2D eigenvalue weighted by molar-refractivity contribution is 5.27. The Morgan fingerprint density at radius 3 is 2.88 bits per heavy atom. The standard InChI is InChI=1S/C11H18N2O3/c1-8-3-4-11(15)10(13-8)5-12-9(6-14)7-16-2/h3-4,9,12,14-15H,5-7H2,1-2H3. The number of methoxy groups -OCH3 is 1. The molecule has 0 aliphatic heterocycles. The molecule has 0 aliphatic rings. The Morgan fingerprint density at radius 2 is 2.25 bits per heavy atom. The summed E-state index contributed by atoms with van der Waals surface area (Å²) in [7, 11) is 1.58. The minimum Gasteiger partial charge on any atom is -0.506 e. The van der Waals surface area contributed by atoms with Gasteiger partial charge in [0.1, 0.15) is 5.75 Å².